The maximum absolute atomic E-state index is 12.0. The van der Waals surface area contributed by atoms with E-state index < -0.39 is 25.1 Å². The highest BCUT2D eigenvalue weighted by Gasteiger charge is 2.35. The normalized spacial score (nSPS) is 16.6. The number of carbonyl (C=O) groups is 1. The Morgan fingerprint density at radius 2 is 1.27 bits per heavy atom. The van der Waals surface area contributed by atoms with Gasteiger partial charge in [0.2, 0.25) is 0 Å². The van der Waals surface area contributed by atoms with Crippen LogP contribution >= 0.6 is 0 Å². The van der Waals surface area contributed by atoms with Gasteiger partial charge in [-0.2, -0.15) is 0 Å². The molecule has 0 amide bonds. The average Bonchev–Trinajstić information content (AvgIpc) is 3.28. The molecule has 1 fully saturated rings. The lowest BCUT2D eigenvalue weighted by Crippen LogP contribution is -2.43. The quantitative estimate of drug-likeness (QED) is 0.211. The first-order valence-electron chi connectivity index (χ1n) is 12.4. The Balaban J connectivity index is 1.91. The molecule has 30 heavy (non-hydrogen) atoms. The zero-order valence-electron chi connectivity index (χ0n) is 19.2. The van der Waals surface area contributed by atoms with Crippen molar-refractivity contribution in [2.75, 3.05) is 19.8 Å². The Morgan fingerprint density at radius 3 is 1.70 bits per heavy atom. The number of esters is 1. The lowest BCUT2D eigenvalue weighted by atomic mass is 10.0. The molecule has 0 spiro atoms. The molecule has 0 aliphatic carbocycles. The molecule has 2 N–H and O–H groups in total. The molecule has 1 heterocycles. The number of hydrogen-bond donors (Lipinski definition) is 2. The zero-order valence-corrected chi connectivity index (χ0v) is 19.2. The minimum atomic E-state index is -1.20. The highest BCUT2D eigenvalue weighted by molar-refractivity contribution is 5.69. The first-order chi connectivity index (χ1) is 14.7. The summed E-state index contributed by atoms with van der Waals surface area (Å²) >= 11 is 0. The van der Waals surface area contributed by atoms with E-state index in [9.17, 15) is 9.90 Å². The van der Waals surface area contributed by atoms with Crippen molar-refractivity contribution >= 4 is 5.97 Å². The predicted octanol–water partition coefficient (Wildman–Crippen LogP) is 4.89. The Bertz CT molecular complexity index is 397. The van der Waals surface area contributed by atoms with Gasteiger partial charge < -0.3 is 24.4 Å². The largest absolute Gasteiger partial charge is 0.454 e. The van der Waals surface area contributed by atoms with E-state index in [0.717, 1.165) is 19.3 Å². The molecule has 0 aromatic carbocycles. The minimum Gasteiger partial charge on any atom is -0.454 e. The third-order valence-electron chi connectivity index (χ3n) is 5.73. The van der Waals surface area contributed by atoms with Crippen LogP contribution in [0.1, 0.15) is 110 Å². The van der Waals surface area contributed by atoms with Gasteiger partial charge in [0.1, 0.15) is 6.10 Å². The second kappa shape index (κ2) is 19.0. The standard InChI is InChI=1S/C24H46O6/c1-2-3-4-5-6-7-8-9-10-11-12-13-14-15-16-17-22(27)30-23(21(26)20-25)24-28-18-19-29-24/h21,23-26H,2-20H2,1H3/t21-,23-/m1/s1. The maximum Gasteiger partial charge on any atom is 0.306 e. The lowest BCUT2D eigenvalue weighted by Gasteiger charge is -2.25. The SMILES string of the molecule is CCCCCCCCCCCCCCCCCC(=O)O[C@@H](C1OCCO1)[C@H](O)CO. The lowest BCUT2D eigenvalue weighted by molar-refractivity contribution is -0.195. The van der Waals surface area contributed by atoms with Gasteiger partial charge in [0.15, 0.2) is 12.4 Å². The van der Waals surface area contributed by atoms with Gasteiger partial charge in [-0.25, -0.2) is 0 Å². The highest BCUT2D eigenvalue weighted by Crippen LogP contribution is 2.17. The van der Waals surface area contributed by atoms with Gasteiger partial charge in [-0.05, 0) is 6.42 Å². The van der Waals surface area contributed by atoms with Crippen molar-refractivity contribution in [1.29, 1.82) is 0 Å². The molecule has 178 valence electrons. The van der Waals surface area contributed by atoms with Crippen molar-refractivity contribution in [2.45, 2.75) is 128 Å². The number of ether oxygens (including phenoxy) is 3. The summed E-state index contributed by atoms with van der Waals surface area (Å²) in [5.74, 6) is -0.374. The fraction of sp³-hybridized carbons (Fsp3) is 0.958. The number of rotatable bonds is 20. The van der Waals surface area contributed by atoms with Gasteiger partial charge in [-0.1, -0.05) is 96.8 Å². The van der Waals surface area contributed by atoms with E-state index in [4.69, 9.17) is 19.3 Å². The second-order valence-corrected chi connectivity index (χ2v) is 8.51. The van der Waals surface area contributed by atoms with Crippen LogP contribution in [0.15, 0.2) is 0 Å². The summed E-state index contributed by atoms with van der Waals surface area (Å²) in [6.45, 7) is 2.56. The molecule has 1 rings (SSSR count). The molecule has 0 bridgehead atoms. The number of aliphatic hydroxyl groups is 2. The molecule has 0 unspecified atom stereocenters. The van der Waals surface area contributed by atoms with Crippen molar-refractivity contribution < 1.29 is 29.2 Å². The summed E-state index contributed by atoms with van der Waals surface area (Å²) in [6.07, 6.45) is 16.5. The van der Waals surface area contributed by atoms with Crippen LogP contribution in [0, 0.1) is 0 Å². The van der Waals surface area contributed by atoms with E-state index in [0.29, 0.717) is 19.6 Å². The first-order valence-corrected chi connectivity index (χ1v) is 12.4. The molecule has 0 aromatic heterocycles. The van der Waals surface area contributed by atoms with Crippen LogP contribution < -0.4 is 0 Å². The fourth-order valence-corrected chi connectivity index (χ4v) is 3.84. The van der Waals surface area contributed by atoms with E-state index in [2.05, 4.69) is 6.92 Å². The van der Waals surface area contributed by atoms with Crippen molar-refractivity contribution in [3.8, 4) is 0 Å². The summed E-state index contributed by atoms with van der Waals surface area (Å²) in [7, 11) is 0. The Labute approximate surface area is 183 Å². The minimum absolute atomic E-state index is 0.319. The van der Waals surface area contributed by atoms with Crippen LogP contribution in [0.5, 0.6) is 0 Å². The fourth-order valence-electron chi connectivity index (χ4n) is 3.84. The van der Waals surface area contributed by atoms with Gasteiger partial charge in [0, 0.05) is 6.42 Å². The molecule has 1 aliphatic heterocycles. The van der Waals surface area contributed by atoms with Crippen LogP contribution in [-0.2, 0) is 19.0 Å². The Hall–Kier alpha value is -0.690. The van der Waals surface area contributed by atoms with Gasteiger partial charge >= 0.3 is 5.97 Å². The molecule has 6 heteroatoms. The third-order valence-corrected chi connectivity index (χ3v) is 5.73. The molecular formula is C24H46O6. The summed E-state index contributed by atoms with van der Waals surface area (Å²) in [5.41, 5.74) is 0. The molecule has 6 nitrogen and oxygen atoms in total. The third kappa shape index (κ3) is 13.6. The van der Waals surface area contributed by atoms with Gasteiger partial charge in [0.25, 0.3) is 0 Å². The number of aliphatic hydroxyl groups excluding tert-OH is 2. The molecular weight excluding hydrogens is 384 g/mol. The molecule has 0 saturated carbocycles. The Morgan fingerprint density at radius 1 is 0.833 bits per heavy atom. The van der Waals surface area contributed by atoms with Crippen LogP contribution in [0.2, 0.25) is 0 Å². The number of hydrogen-bond acceptors (Lipinski definition) is 6. The zero-order chi connectivity index (χ0) is 21.9. The van der Waals surface area contributed by atoms with E-state index in [1.807, 2.05) is 0 Å². The van der Waals surface area contributed by atoms with Crippen LogP contribution in [0.4, 0.5) is 0 Å². The van der Waals surface area contributed by atoms with Gasteiger partial charge in [-0.15, -0.1) is 0 Å². The van der Waals surface area contributed by atoms with Crippen LogP contribution in [0.25, 0.3) is 0 Å². The molecule has 1 saturated heterocycles. The van der Waals surface area contributed by atoms with E-state index >= 15 is 0 Å². The molecule has 1 aliphatic rings. The average molecular weight is 431 g/mol. The second-order valence-electron chi connectivity index (χ2n) is 8.51. The number of unbranched alkanes of at least 4 members (excludes halogenated alkanes) is 14. The molecule has 2 atom stereocenters. The van der Waals surface area contributed by atoms with E-state index in [1.165, 1.54) is 77.0 Å². The molecule has 0 radical (unpaired) electrons. The maximum atomic E-state index is 12.0. The first kappa shape index (κ1) is 27.3. The number of carbonyl (C=O) groups excluding carboxylic acids is 1. The van der Waals surface area contributed by atoms with Crippen LogP contribution in [-0.4, -0.2) is 54.5 Å². The van der Waals surface area contributed by atoms with Crippen molar-refractivity contribution in [3.05, 3.63) is 0 Å². The van der Waals surface area contributed by atoms with Crippen molar-refractivity contribution in [1.82, 2.24) is 0 Å². The summed E-state index contributed by atoms with van der Waals surface area (Å²) in [5, 5.41) is 19.0. The summed E-state index contributed by atoms with van der Waals surface area (Å²) in [4.78, 5) is 12.0. The van der Waals surface area contributed by atoms with E-state index in [1.54, 1.807) is 0 Å². The summed E-state index contributed by atoms with van der Waals surface area (Å²) in [6, 6.07) is 0. The summed E-state index contributed by atoms with van der Waals surface area (Å²) < 4.78 is 15.9. The van der Waals surface area contributed by atoms with Gasteiger partial charge in [-0.3, -0.25) is 4.79 Å². The monoisotopic (exact) mass is 430 g/mol. The predicted molar refractivity (Wildman–Crippen MR) is 118 cm³/mol. The van der Waals surface area contributed by atoms with Crippen LogP contribution in [0.3, 0.4) is 0 Å². The highest BCUT2D eigenvalue weighted by atomic mass is 16.7. The van der Waals surface area contributed by atoms with Crippen molar-refractivity contribution in [3.63, 3.8) is 0 Å². The van der Waals surface area contributed by atoms with Gasteiger partial charge in [0.05, 0.1) is 19.8 Å². The van der Waals surface area contributed by atoms with Crippen molar-refractivity contribution in [2.24, 2.45) is 0 Å². The van der Waals surface area contributed by atoms with E-state index in [-0.39, 0.29) is 5.97 Å². The Kier molecular flexibility index (Phi) is 17.3. The molecule has 0 aromatic rings. The topological polar surface area (TPSA) is 85.2 Å². The smallest absolute Gasteiger partial charge is 0.306 e.